The van der Waals surface area contributed by atoms with Crippen LogP contribution in [0, 0.1) is 5.92 Å². The molecular formula is C18H24N4O3. The quantitative estimate of drug-likeness (QED) is 0.851. The molecule has 0 spiro atoms. The maximum absolute atomic E-state index is 12.6. The highest BCUT2D eigenvalue weighted by molar-refractivity contribution is 5.79. The fraction of sp³-hybridized carbons (Fsp3) is 0.500. The number of fused-ring (bicyclic) bond motifs is 1. The molecule has 2 atom stereocenters. The minimum atomic E-state index is -0.483. The fourth-order valence-corrected chi connectivity index (χ4v) is 3.50. The Bertz CT molecular complexity index is 884. The van der Waals surface area contributed by atoms with Gasteiger partial charge in [0.25, 0.3) is 5.56 Å². The van der Waals surface area contributed by atoms with E-state index in [9.17, 15) is 14.4 Å². The minimum Gasteiger partial charge on any atom is -0.342 e. The molecular weight excluding hydrogens is 320 g/mol. The van der Waals surface area contributed by atoms with E-state index in [1.807, 2.05) is 11.8 Å². The number of nitrogens with zero attached hydrogens (tertiary/aromatic N) is 2. The van der Waals surface area contributed by atoms with E-state index in [2.05, 4.69) is 4.98 Å². The number of amides is 1. The summed E-state index contributed by atoms with van der Waals surface area (Å²) in [5.74, 6) is 0.349. The highest BCUT2D eigenvalue weighted by Crippen LogP contribution is 2.19. The molecule has 2 aromatic rings. The van der Waals surface area contributed by atoms with Crippen LogP contribution in [0.15, 0.2) is 33.9 Å². The summed E-state index contributed by atoms with van der Waals surface area (Å²) in [6.45, 7) is 3.64. The van der Waals surface area contributed by atoms with Gasteiger partial charge in [0.1, 0.15) is 0 Å². The number of H-pyrrole nitrogens is 1. The second kappa shape index (κ2) is 7.23. The molecule has 1 saturated heterocycles. The number of carbonyl (C=O) groups excluding carboxylic acids is 1. The zero-order valence-electron chi connectivity index (χ0n) is 14.4. The second-order valence-corrected chi connectivity index (χ2v) is 6.78. The molecule has 7 heteroatoms. The van der Waals surface area contributed by atoms with E-state index in [0.29, 0.717) is 23.4 Å². The zero-order valence-corrected chi connectivity index (χ0v) is 14.4. The third-order valence-corrected chi connectivity index (χ3v) is 5.01. The number of para-hydroxylation sites is 1. The number of hydrogen-bond acceptors (Lipinski definition) is 4. The number of aromatic amines is 1. The first kappa shape index (κ1) is 17.4. The Labute approximate surface area is 145 Å². The molecule has 0 aliphatic carbocycles. The highest BCUT2D eigenvalue weighted by Gasteiger charge is 2.25. The molecule has 2 heterocycles. The first-order valence-electron chi connectivity index (χ1n) is 8.72. The van der Waals surface area contributed by atoms with Gasteiger partial charge >= 0.3 is 5.69 Å². The number of rotatable bonds is 4. The van der Waals surface area contributed by atoms with E-state index in [1.165, 1.54) is 4.57 Å². The van der Waals surface area contributed by atoms with Crippen molar-refractivity contribution in [3.63, 3.8) is 0 Å². The average Bonchev–Trinajstić information content (AvgIpc) is 2.61. The van der Waals surface area contributed by atoms with Gasteiger partial charge < -0.3 is 10.6 Å². The van der Waals surface area contributed by atoms with Crippen LogP contribution in [0.4, 0.5) is 0 Å². The third-order valence-electron chi connectivity index (χ3n) is 5.01. The van der Waals surface area contributed by atoms with Crippen molar-refractivity contribution in [3.8, 4) is 0 Å². The van der Waals surface area contributed by atoms with E-state index in [-0.39, 0.29) is 24.9 Å². The second-order valence-electron chi connectivity index (χ2n) is 6.78. The van der Waals surface area contributed by atoms with E-state index in [0.717, 1.165) is 19.4 Å². The summed E-state index contributed by atoms with van der Waals surface area (Å²) in [5.41, 5.74) is 5.64. The maximum Gasteiger partial charge on any atom is 0.328 e. The Morgan fingerprint density at radius 1 is 1.36 bits per heavy atom. The number of nitrogens with one attached hydrogen (secondary N) is 1. The Morgan fingerprint density at radius 2 is 2.12 bits per heavy atom. The van der Waals surface area contributed by atoms with E-state index >= 15 is 0 Å². The zero-order chi connectivity index (χ0) is 18.0. The van der Waals surface area contributed by atoms with Crippen LogP contribution in [0.3, 0.4) is 0 Å². The van der Waals surface area contributed by atoms with Crippen LogP contribution in [0.1, 0.15) is 26.2 Å². The largest absolute Gasteiger partial charge is 0.342 e. The van der Waals surface area contributed by atoms with Crippen LogP contribution in [0.25, 0.3) is 10.9 Å². The molecule has 1 aliphatic heterocycles. The van der Waals surface area contributed by atoms with Gasteiger partial charge in [-0.25, -0.2) is 4.79 Å². The Morgan fingerprint density at radius 3 is 2.88 bits per heavy atom. The monoisotopic (exact) mass is 344 g/mol. The predicted molar refractivity (Wildman–Crippen MR) is 96.4 cm³/mol. The van der Waals surface area contributed by atoms with Gasteiger partial charge in [0.15, 0.2) is 0 Å². The molecule has 25 heavy (non-hydrogen) atoms. The van der Waals surface area contributed by atoms with Gasteiger partial charge in [-0.05, 0) is 37.8 Å². The van der Waals surface area contributed by atoms with Crippen molar-refractivity contribution < 1.29 is 4.79 Å². The van der Waals surface area contributed by atoms with Crippen molar-refractivity contribution in [1.82, 2.24) is 14.5 Å². The van der Waals surface area contributed by atoms with Crippen molar-refractivity contribution >= 4 is 16.8 Å². The first-order chi connectivity index (χ1) is 12.0. The molecule has 1 aliphatic rings. The summed E-state index contributed by atoms with van der Waals surface area (Å²) in [6.07, 6.45) is 2.23. The van der Waals surface area contributed by atoms with Crippen molar-refractivity contribution in [2.75, 3.05) is 13.1 Å². The van der Waals surface area contributed by atoms with Crippen molar-refractivity contribution in [3.05, 3.63) is 45.1 Å². The molecule has 0 bridgehead atoms. The lowest BCUT2D eigenvalue weighted by Gasteiger charge is -2.34. The summed E-state index contributed by atoms with van der Waals surface area (Å²) in [4.78, 5) is 40.7. The Kier molecular flexibility index (Phi) is 5.03. The fourth-order valence-electron chi connectivity index (χ4n) is 3.50. The highest BCUT2D eigenvalue weighted by atomic mass is 16.2. The van der Waals surface area contributed by atoms with Crippen LogP contribution >= 0.6 is 0 Å². The molecule has 1 fully saturated rings. The molecule has 1 aromatic carbocycles. The molecule has 1 amide bonds. The van der Waals surface area contributed by atoms with E-state index in [4.69, 9.17) is 5.73 Å². The van der Waals surface area contributed by atoms with Gasteiger partial charge in [-0.1, -0.05) is 12.1 Å². The summed E-state index contributed by atoms with van der Waals surface area (Å²) < 4.78 is 1.46. The smallest absolute Gasteiger partial charge is 0.328 e. The van der Waals surface area contributed by atoms with Gasteiger partial charge in [0.2, 0.25) is 5.91 Å². The van der Waals surface area contributed by atoms with E-state index in [1.54, 1.807) is 24.3 Å². The van der Waals surface area contributed by atoms with Crippen molar-refractivity contribution in [1.29, 1.82) is 0 Å². The van der Waals surface area contributed by atoms with Crippen LogP contribution < -0.4 is 17.0 Å². The van der Waals surface area contributed by atoms with Crippen molar-refractivity contribution in [2.24, 2.45) is 11.7 Å². The predicted octanol–water partition coefficient (Wildman–Crippen LogP) is 0.666. The third kappa shape index (κ3) is 3.66. The first-order valence-corrected chi connectivity index (χ1v) is 8.72. The van der Waals surface area contributed by atoms with Gasteiger partial charge in [0.05, 0.1) is 10.9 Å². The number of likely N-dealkylation sites (tertiary alicyclic amines) is 1. The molecule has 7 nitrogen and oxygen atoms in total. The number of hydrogen-bond donors (Lipinski definition) is 2. The van der Waals surface area contributed by atoms with E-state index < -0.39 is 11.2 Å². The number of carbonyl (C=O) groups is 1. The lowest BCUT2D eigenvalue weighted by Crippen LogP contribution is -2.45. The normalized spacial score (nSPS) is 19.1. The Balaban J connectivity index is 1.76. The van der Waals surface area contributed by atoms with Crippen LogP contribution in [0.5, 0.6) is 0 Å². The van der Waals surface area contributed by atoms with Gasteiger partial charge in [-0.3, -0.25) is 19.1 Å². The van der Waals surface area contributed by atoms with Crippen molar-refractivity contribution in [2.45, 2.75) is 38.8 Å². The standard InChI is InChI=1S/C18H24N4O3/c1-12(19)13-5-4-9-21(11-13)16(23)8-10-22-15-7-3-2-6-14(15)17(24)20-18(22)25/h2-3,6-7,12-13H,4-5,8-11,19H2,1H3,(H,20,24,25). The molecule has 3 N–H and O–H groups in total. The lowest BCUT2D eigenvalue weighted by molar-refractivity contribution is -0.133. The lowest BCUT2D eigenvalue weighted by atomic mass is 9.92. The summed E-state index contributed by atoms with van der Waals surface area (Å²) in [5, 5.41) is 0.449. The molecule has 0 radical (unpaired) electrons. The molecule has 134 valence electrons. The average molecular weight is 344 g/mol. The molecule has 1 aromatic heterocycles. The topological polar surface area (TPSA) is 101 Å². The SMILES string of the molecule is CC(N)C1CCCN(C(=O)CCn2c(=O)[nH]c(=O)c3ccccc32)C1. The Hall–Kier alpha value is -2.41. The van der Waals surface area contributed by atoms with Gasteiger partial charge in [-0.15, -0.1) is 0 Å². The van der Waals surface area contributed by atoms with Crippen LogP contribution in [0.2, 0.25) is 0 Å². The molecule has 3 rings (SSSR count). The van der Waals surface area contributed by atoms with Gasteiger partial charge in [0, 0.05) is 32.1 Å². The van der Waals surface area contributed by atoms with Crippen LogP contribution in [-0.2, 0) is 11.3 Å². The minimum absolute atomic E-state index is 0.0209. The van der Waals surface area contributed by atoms with Gasteiger partial charge in [-0.2, -0.15) is 0 Å². The summed E-state index contributed by atoms with van der Waals surface area (Å²) >= 11 is 0. The number of piperidine rings is 1. The summed E-state index contributed by atoms with van der Waals surface area (Å²) in [7, 11) is 0. The number of aromatic nitrogens is 2. The summed E-state index contributed by atoms with van der Waals surface area (Å²) in [6, 6.07) is 6.99. The number of aryl methyl sites for hydroxylation is 1. The van der Waals surface area contributed by atoms with Crippen LogP contribution in [-0.4, -0.2) is 39.5 Å². The number of benzene rings is 1. The maximum atomic E-state index is 12.6. The number of nitrogens with two attached hydrogens (primary N) is 1. The molecule has 2 unspecified atom stereocenters. The molecule has 0 saturated carbocycles.